The van der Waals surface area contributed by atoms with Crippen LogP contribution >= 0.6 is 0 Å². The second kappa shape index (κ2) is 8.63. The van der Waals surface area contributed by atoms with Crippen LogP contribution in [0.4, 0.5) is 0 Å². The van der Waals surface area contributed by atoms with E-state index in [1.807, 2.05) is 0 Å². The van der Waals surface area contributed by atoms with Gasteiger partial charge in [0, 0.05) is 25.1 Å². The number of carbonyl (C=O) groups is 1. The Morgan fingerprint density at radius 1 is 1.33 bits per heavy atom. The first-order chi connectivity index (χ1) is 11.7. The van der Waals surface area contributed by atoms with Gasteiger partial charge in [-0.3, -0.25) is 4.79 Å². The number of fused-ring (bicyclic) bond motifs is 1. The van der Waals surface area contributed by atoms with Gasteiger partial charge < -0.3 is 15.4 Å². The lowest BCUT2D eigenvalue weighted by Gasteiger charge is -2.27. The van der Waals surface area contributed by atoms with Crippen molar-refractivity contribution in [3.63, 3.8) is 0 Å². The maximum absolute atomic E-state index is 12.2. The van der Waals surface area contributed by atoms with Crippen LogP contribution in [0.15, 0.2) is 24.3 Å². The molecule has 2 N–H and O–H groups in total. The predicted molar refractivity (Wildman–Crippen MR) is 95.9 cm³/mol. The molecule has 4 heteroatoms. The number of hydrogen-bond acceptors (Lipinski definition) is 3. The van der Waals surface area contributed by atoms with E-state index in [2.05, 4.69) is 41.8 Å². The molecule has 0 bridgehead atoms. The van der Waals surface area contributed by atoms with Crippen LogP contribution < -0.4 is 10.6 Å². The molecule has 132 valence electrons. The molecule has 4 nitrogen and oxygen atoms in total. The Labute approximate surface area is 145 Å². The summed E-state index contributed by atoms with van der Waals surface area (Å²) in [5.74, 6) is 0.388. The topological polar surface area (TPSA) is 50.4 Å². The van der Waals surface area contributed by atoms with Gasteiger partial charge in [0.15, 0.2) is 0 Å². The van der Waals surface area contributed by atoms with Crippen LogP contribution in [-0.2, 0) is 16.0 Å². The smallest absolute Gasteiger partial charge is 0.223 e. The van der Waals surface area contributed by atoms with Crippen molar-refractivity contribution in [1.29, 1.82) is 0 Å². The molecule has 3 atom stereocenters. The lowest BCUT2D eigenvalue weighted by atomic mass is 9.89. The molecule has 1 aliphatic carbocycles. The quantitative estimate of drug-likeness (QED) is 0.789. The lowest BCUT2D eigenvalue weighted by molar-refractivity contribution is -0.126. The molecule has 0 aromatic heterocycles. The molecule has 1 aliphatic heterocycles. The van der Waals surface area contributed by atoms with Crippen molar-refractivity contribution in [3.8, 4) is 0 Å². The van der Waals surface area contributed by atoms with Crippen LogP contribution in [0.5, 0.6) is 0 Å². The molecular weight excluding hydrogens is 300 g/mol. The summed E-state index contributed by atoms with van der Waals surface area (Å²) in [6.07, 6.45) is 6.48. The number of hydrogen-bond donors (Lipinski definition) is 2. The predicted octanol–water partition coefficient (Wildman–Crippen LogP) is 2.98. The van der Waals surface area contributed by atoms with Gasteiger partial charge in [-0.1, -0.05) is 24.3 Å². The van der Waals surface area contributed by atoms with Crippen LogP contribution in [-0.4, -0.2) is 31.6 Å². The highest BCUT2D eigenvalue weighted by Crippen LogP contribution is 2.32. The number of carbonyl (C=O) groups excluding carboxylic acids is 1. The molecule has 1 unspecified atom stereocenters. The maximum Gasteiger partial charge on any atom is 0.223 e. The Kier molecular flexibility index (Phi) is 6.27. The Morgan fingerprint density at radius 2 is 2.21 bits per heavy atom. The van der Waals surface area contributed by atoms with E-state index in [9.17, 15) is 4.79 Å². The summed E-state index contributed by atoms with van der Waals surface area (Å²) in [7, 11) is 0. The number of ether oxygens (including phenoxy) is 1. The standard InChI is InChI=1S/C20H30N2O2/c1-15-14-17(10-12-21-15)20(23)22-11-5-13-24-19-9-4-7-16-6-2-3-8-18(16)19/h2-3,6,8,15,17,19,21H,4-5,7,9-14H2,1H3,(H,22,23)/t15-,17-,19?/m0/s1. The zero-order chi connectivity index (χ0) is 16.8. The largest absolute Gasteiger partial charge is 0.373 e. The minimum absolute atomic E-state index is 0.174. The maximum atomic E-state index is 12.2. The fraction of sp³-hybridized carbons (Fsp3) is 0.650. The first kappa shape index (κ1) is 17.4. The minimum Gasteiger partial charge on any atom is -0.373 e. The van der Waals surface area contributed by atoms with E-state index in [0.29, 0.717) is 19.2 Å². The van der Waals surface area contributed by atoms with Crippen molar-refractivity contribution in [2.45, 2.75) is 57.6 Å². The molecule has 0 radical (unpaired) electrons. The summed E-state index contributed by atoms with van der Waals surface area (Å²) in [6.45, 7) is 4.52. The van der Waals surface area contributed by atoms with Gasteiger partial charge in [0.25, 0.3) is 0 Å². The van der Waals surface area contributed by atoms with E-state index in [4.69, 9.17) is 4.74 Å². The second-order valence-electron chi connectivity index (χ2n) is 7.17. The van der Waals surface area contributed by atoms with Gasteiger partial charge in [0.2, 0.25) is 5.91 Å². The van der Waals surface area contributed by atoms with Crippen molar-refractivity contribution in [2.24, 2.45) is 5.92 Å². The highest BCUT2D eigenvalue weighted by molar-refractivity contribution is 5.78. The number of aryl methyl sites for hydroxylation is 1. The van der Waals surface area contributed by atoms with Gasteiger partial charge in [-0.05, 0) is 63.1 Å². The fourth-order valence-electron chi connectivity index (χ4n) is 3.91. The number of amides is 1. The number of piperidine rings is 1. The average molecular weight is 330 g/mol. The Balaban J connectivity index is 1.35. The van der Waals surface area contributed by atoms with Crippen LogP contribution in [0.1, 0.15) is 56.3 Å². The van der Waals surface area contributed by atoms with E-state index in [1.165, 1.54) is 24.0 Å². The SMILES string of the molecule is C[C@H]1C[C@@H](C(=O)NCCCOC2CCCc3ccccc32)CCN1. The summed E-state index contributed by atoms with van der Waals surface area (Å²) in [6, 6.07) is 9.06. The summed E-state index contributed by atoms with van der Waals surface area (Å²) in [5, 5.41) is 6.47. The Hall–Kier alpha value is -1.39. The molecule has 1 heterocycles. The van der Waals surface area contributed by atoms with E-state index >= 15 is 0 Å². The van der Waals surface area contributed by atoms with Crippen LogP contribution in [0.25, 0.3) is 0 Å². The monoisotopic (exact) mass is 330 g/mol. The molecule has 3 rings (SSSR count). The van der Waals surface area contributed by atoms with Crippen LogP contribution in [0.2, 0.25) is 0 Å². The molecule has 1 fully saturated rings. The molecular formula is C20H30N2O2. The van der Waals surface area contributed by atoms with Crippen molar-refractivity contribution >= 4 is 5.91 Å². The number of benzene rings is 1. The normalized spacial score (nSPS) is 26.6. The fourth-order valence-corrected chi connectivity index (χ4v) is 3.91. The zero-order valence-electron chi connectivity index (χ0n) is 14.7. The zero-order valence-corrected chi connectivity index (χ0v) is 14.7. The molecule has 1 aromatic rings. The third-order valence-electron chi connectivity index (χ3n) is 5.25. The first-order valence-corrected chi connectivity index (χ1v) is 9.44. The lowest BCUT2D eigenvalue weighted by Crippen LogP contribution is -2.42. The minimum atomic E-state index is 0.174. The van der Waals surface area contributed by atoms with Gasteiger partial charge in [0.05, 0.1) is 6.10 Å². The van der Waals surface area contributed by atoms with E-state index in [-0.39, 0.29) is 17.9 Å². The molecule has 0 saturated carbocycles. The molecule has 24 heavy (non-hydrogen) atoms. The van der Waals surface area contributed by atoms with Crippen molar-refractivity contribution < 1.29 is 9.53 Å². The van der Waals surface area contributed by atoms with E-state index in [1.54, 1.807) is 0 Å². The number of nitrogens with one attached hydrogen (secondary N) is 2. The third-order valence-corrected chi connectivity index (χ3v) is 5.25. The van der Waals surface area contributed by atoms with Crippen molar-refractivity contribution in [2.75, 3.05) is 19.7 Å². The summed E-state index contributed by atoms with van der Waals surface area (Å²) in [5.41, 5.74) is 2.79. The van der Waals surface area contributed by atoms with Crippen molar-refractivity contribution in [3.05, 3.63) is 35.4 Å². The van der Waals surface area contributed by atoms with Gasteiger partial charge in [-0.25, -0.2) is 0 Å². The Bertz CT molecular complexity index is 546. The molecule has 2 aliphatic rings. The summed E-state index contributed by atoms with van der Waals surface area (Å²) in [4.78, 5) is 12.2. The Morgan fingerprint density at radius 3 is 3.08 bits per heavy atom. The number of rotatable bonds is 6. The van der Waals surface area contributed by atoms with Crippen molar-refractivity contribution in [1.82, 2.24) is 10.6 Å². The highest BCUT2D eigenvalue weighted by Gasteiger charge is 2.24. The average Bonchev–Trinajstić information content (AvgIpc) is 2.61. The van der Waals surface area contributed by atoms with Gasteiger partial charge in [-0.2, -0.15) is 0 Å². The van der Waals surface area contributed by atoms with E-state index in [0.717, 1.165) is 32.2 Å². The molecule has 1 saturated heterocycles. The molecule has 1 aromatic carbocycles. The van der Waals surface area contributed by atoms with Gasteiger partial charge in [-0.15, -0.1) is 0 Å². The molecule has 0 spiro atoms. The van der Waals surface area contributed by atoms with Gasteiger partial charge >= 0.3 is 0 Å². The summed E-state index contributed by atoms with van der Waals surface area (Å²) < 4.78 is 6.09. The summed E-state index contributed by atoms with van der Waals surface area (Å²) >= 11 is 0. The van der Waals surface area contributed by atoms with Crippen LogP contribution in [0.3, 0.4) is 0 Å². The first-order valence-electron chi connectivity index (χ1n) is 9.44. The second-order valence-corrected chi connectivity index (χ2v) is 7.17. The van der Waals surface area contributed by atoms with E-state index < -0.39 is 0 Å². The third kappa shape index (κ3) is 4.58. The molecule has 1 amide bonds. The van der Waals surface area contributed by atoms with Gasteiger partial charge in [0.1, 0.15) is 0 Å². The van der Waals surface area contributed by atoms with Crippen LogP contribution in [0, 0.1) is 5.92 Å². The highest BCUT2D eigenvalue weighted by atomic mass is 16.5.